The summed E-state index contributed by atoms with van der Waals surface area (Å²) in [5.74, 6) is 1.10. The van der Waals surface area contributed by atoms with Gasteiger partial charge in [0.15, 0.2) is 0 Å². The molecule has 1 amide bonds. The molecule has 1 aromatic heterocycles. The minimum atomic E-state index is 0.0977. The van der Waals surface area contributed by atoms with E-state index < -0.39 is 0 Å². The number of nitrogens with zero attached hydrogens (tertiary/aromatic N) is 3. The Morgan fingerprint density at radius 1 is 1.52 bits per heavy atom. The first-order chi connectivity index (χ1) is 10.1. The highest BCUT2D eigenvalue weighted by Gasteiger charge is 2.22. The fourth-order valence-electron chi connectivity index (χ4n) is 2.56. The highest BCUT2D eigenvalue weighted by molar-refractivity contribution is 5.78. The molecule has 6 nitrogen and oxygen atoms in total. The van der Waals surface area contributed by atoms with Crippen molar-refractivity contribution in [2.45, 2.75) is 32.7 Å². The first kappa shape index (κ1) is 15.7. The number of carbonyl (C=O) groups excluding carboxylic acids is 1. The van der Waals surface area contributed by atoms with Crippen molar-refractivity contribution in [1.29, 1.82) is 0 Å². The Hall–Kier alpha value is -1.69. The lowest BCUT2D eigenvalue weighted by atomic mass is 9.99. The van der Waals surface area contributed by atoms with Crippen molar-refractivity contribution < 1.29 is 9.53 Å². The van der Waals surface area contributed by atoms with Crippen molar-refractivity contribution in [3.63, 3.8) is 0 Å². The Bertz CT molecular complexity index is 439. The van der Waals surface area contributed by atoms with Crippen molar-refractivity contribution in [1.82, 2.24) is 20.2 Å². The van der Waals surface area contributed by atoms with Crippen molar-refractivity contribution in [2.24, 2.45) is 5.92 Å². The van der Waals surface area contributed by atoms with Gasteiger partial charge in [0.05, 0.1) is 19.3 Å². The Balaban J connectivity index is 1.74. The van der Waals surface area contributed by atoms with Crippen LogP contribution in [0.2, 0.25) is 0 Å². The van der Waals surface area contributed by atoms with Gasteiger partial charge in [-0.3, -0.25) is 14.7 Å². The smallest absolute Gasteiger partial charge is 0.234 e. The minimum Gasteiger partial charge on any atom is -0.476 e. The number of nitrogens with one attached hydrogen (secondary N) is 1. The third-order valence-electron chi connectivity index (χ3n) is 3.43. The van der Waals surface area contributed by atoms with Gasteiger partial charge in [0, 0.05) is 30.9 Å². The fraction of sp³-hybridized carbons (Fsp3) is 0.667. The normalized spacial score (nSPS) is 19.5. The van der Waals surface area contributed by atoms with Gasteiger partial charge in [-0.2, -0.15) is 0 Å². The van der Waals surface area contributed by atoms with Crippen LogP contribution in [-0.4, -0.2) is 53.1 Å². The number of hydrogen-bond donors (Lipinski definition) is 1. The molecular formula is C15H24N4O2. The first-order valence-corrected chi connectivity index (χ1v) is 7.54. The highest BCUT2D eigenvalue weighted by Crippen LogP contribution is 2.17. The summed E-state index contributed by atoms with van der Waals surface area (Å²) in [7, 11) is 0. The second-order valence-electron chi connectivity index (χ2n) is 5.82. The average Bonchev–Trinajstić information content (AvgIpc) is 2.46. The number of ether oxygens (including phenoxy) is 1. The maximum absolute atomic E-state index is 11.8. The molecule has 1 saturated heterocycles. The van der Waals surface area contributed by atoms with Crippen LogP contribution in [-0.2, 0) is 4.79 Å². The average molecular weight is 292 g/mol. The molecule has 0 spiro atoms. The van der Waals surface area contributed by atoms with E-state index in [9.17, 15) is 4.79 Å². The summed E-state index contributed by atoms with van der Waals surface area (Å²) in [6.45, 7) is 6.93. The lowest BCUT2D eigenvalue weighted by Crippen LogP contribution is -2.45. The molecule has 6 heteroatoms. The summed E-state index contributed by atoms with van der Waals surface area (Å²) in [6.07, 6.45) is 7.10. The van der Waals surface area contributed by atoms with Crippen LogP contribution in [0.25, 0.3) is 0 Å². The predicted octanol–water partition coefficient (Wildman–Crippen LogP) is 1.09. The molecule has 0 radical (unpaired) electrons. The van der Waals surface area contributed by atoms with Crippen LogP contribution in [0.4, 0.5) is 0 Å². The van der Waals surface area contributed by atoms with Crippen LogP contribution in [0.5, 0.6) is 5.88 Å². The Morgan fingerprint density at radius 2 is 2.38 bits per heavy atom. The zero-order valence-electron chi connectivity index (χ0n) is 12.8. The molecule has 1 aliphatic rings. The molecule has 1 atom stereocenters. The number of likely N-dealkylation sites (tertiary alicyclic amines) is 1. The maximum atomic E-state index is 11.8. The third kappa shape index (κ3) is 5.67. The van der Waals surface area contributed by atoms with Crippen LogP contribution < -0.4 is 10.1 Å². The van der Waals surface area contributed by atoms with E-state index >= 15 is 0 Å². The van der Waals surface area contributed by atoms with Gasteiger partial charge >= 0.3 is 0 Å². The largest absolute Gasteiger partial charge is 0.476 e. The van der Waals surface area contributed by atoms with Crippen molar-refractivity contribution in [3.8, 4) is 5.88 Å². The lowest BCUT2D eigenvalue weighted by Gasteiger charge is -2.32. The standard InChI is InChI=1S/C15H24N4O2/c1-12(2)18-14(20)10-19-7-3-4-13(9-19)11-21-15-8-16-5-6-17-15/h5-6,8,12-13H,3-4,7,9-11H2,1-2H3,(H,18,20). The molecule has 1 aliphatic heterocycles. The van der Waals surface area contributed by atoms with E-state index in [0.29, 0.717) is 24.9 Å². The highest BCUT2D eigenvalue weighted by atomic mass is 16.5. The summed E-state index contributed by atoms with van der Waals surface area (Å²) in [5.41, 5.74) is 0. The zero-order valence-corrected chi connectivity index (χ0v) is 12.8. The second kappa shape index (κ2) is 7.93. The number of amides is 1. The molecule has 2 rings (SSSR count). The summed E-state index contributed by atoms with van der Waals surface area (Å²) >= 11 is 0. The third-order valence-corrected chi connectivity index (χ3v) is 3.43. The number of piperidine rings is 1. The predicted molar refractivity (Wildman–Crippen MR) is 80.0 cm³/mol. The van der Waals surface area contributed by atoms with Gasteiger partial charge in [-0.05, 0) is 33.2 Å². The molecule has 1 unspecified atom stereocenters. The second-order valence-corrected chi connectivity index (χ2v) is 5.82. The first-order valence-electron chi connectivity index (χ1n) is 7.54. The molecule has 21 heavy (non-hydrogen) atoms. The van der Waals surface area contributed by atoms with Gasteiger partial charge < -0.3 is 10.1 Å². The molecule has 0 bridgehead atoms. The molecule has 0 aliphatic carbocycles. The van der Waals surface area contributed by atoms with Gasteiger partial charge in [-0.25, -0.2) is 4.98 Å². The van der Waals surface area contributed by atoms with E-state index in [0.717, 1.165) is 25.9 Å². The van der Waals surface area contributed by atoms with Gasteiger partial charge in [0.2, 0.25) is 11.8 Å². The van der Waals surface area contributed by atoms with Crippen LogP contribution in [0.1, 0.15) is 26.7 Å². The van der Waals surface area contributed by atoms with Crippen molar-refractivity contribution >= 4 is 5.91 Å². The maximum Gasteiger partial charge on any atom is 0.234 e. The number of rotatable bonds is 6. The lowest BCUT2D eigenvalue weighted by molar-refractivity contribution is -0.123. The van der Waals surface area contributed by atoms with Gasteiger partial charge in [-0.15, -0.1) is 0 Å². The zero-order chi connectivity index (χ0) is 15.1. The Labute approximate surface area is 125 Å². The van der Waals surface area contributed by atoms with Crippen LogP contribution in [0.3, 0.4) is 0 Å². The molecule has 1 N–H and O–H groups in total. The molecule has 1 aromatic rings. The van der Waals surface area contributed by atoms with E-state index in [1.807, 2.05) is 13.8 Å². The minimum absolute atomic E-state index is 0.0977. The molecule has 0 aromatic carbocycles. The van der Waals surface area contributed by atoms with Gasteiger partial charge in [0.25, 0.3) is 0 Å². The fourth-order valence-corrected chi connectivity index (χ4v) is 2.56. The van der Waals surface area contributed by atoms with Crippen molar-refractivity contribution in [3.05, 3.63) is 18.6 Å². The Morgan fingerprint density at radius 3 is 3.10 bits per heavy atom. The number of hydrogen-bond acceptors (Lipinski definition) is 5. The number of carbonyl (C=O) groups is 1. The van der Waals surface area contributed by atoms with E-state index in [2.05, 4.69) is 20.2 Å². The summed E-state index contributed by atoms with van der Waals surface area (Å²) < 4.78 is 5.66. The summed E-state index contributed by atoms with van der Waals surface area (Å²) in [6, 6.07) is 0.193. The SMILES string of the molecule is CC(C)NC(=O)CN1CCCC(COc2cnccn2)C1. The van der Waals surface area contributed by atoms with E-state index in [-0.39, 0.29) is 11.9 Å². The van der Waals surface area contributed by atoms with Crippen LogP contribution >= 0.6 is 0 Å². The molecule has 2 heterocycles. The molecule has 116 valence electrons. The van der Waals surface area contributed by atoms with Crippen molar-refractivity contribution in [2.75, 3.05) is 26.2 Å². The topological polar surface area (TPSA) is 67.4 Å². The Kier molecular flexibility index (Phi) is 5.92. The quantitative estimate of drug-likeness (QED) is 0.850. The number of aromatic nitrogens is 2. The summed E-state index contributed by atoms with van der Waals surface area (Å²) in [5, 5.41) is 2.93. The van der Waals surface area contributed by atoms with Gasteiger partial charge in [0.1, 0.15) is 0 Å². The van der Waals surface area contributed by atoms with Crippen LogP contribution in [0.15, 0.2) is 18.6 Å². The van der Waals surface area contributed by atoms with Crippen LogP contribution in [0, 0.1) is 5.92 Å². The van der Waals surface area contributed by atoms with E-state index in [1.54, 1.807) is 18.6 Å². The van der Waals surface area contributed by atoms with Gasteiger partial charge in [-0.1, -0.05) is 0 Å². The monoisotopic (exact) mass is 292 g/mol. The molecule has 1 fully saturated rings. The molecular weight excluding hydrogens is 268 g/mol. The van der Waals surface area contributed by atoms with E-state index in [4.69, 9.17) is 4.74 Å². The molecule has 0 saturated carbocycles. The summed E-state index contributed by atoms with van der Waals surface area (Å²) in [4.78, 5) is 22.1. The van der Waals surface area contributed by atoms with E-state index in [1.165, 1.54) is 0 Å².